The molecule has 2 amide bonds. The first-order chi connectivity index (χ1) is 19.3. The number of aliphatic hydroxyl groups excluding tert-OH is 1. The van der Waals surface area contributed by atoms with Crippen molar-refractivity contribution < 1.29 is 19.5 Å². The fourth-order valence-corrected chi connectivity index (χ4v) is 5.77. The van der Waals surface area contributed by atoms with Gasteiger partial charge in [0.05, 0.1) is 51.2 Å². The van der Waals surface area contributed by atoms with Crippen molar-refractivity contribution in [2.24, 2.45) is 10.9 Å². The molecule has 0 aliphatic carbocycles. The van der Waals surface area contributed by atoms with Crippen LogP contribution in [0.5, 0.6) is 0 Å². The Hall–Kier alpha value is -3.25. The summed E-state index contributed by atoms with van der Waals surface area (Å²) in [5.41, 5.74) is 3.11. The van der Waals surface area contributed by atoms with Crippen molar-refractivity contribution in [1.29, 1.82) is 0 Å². The van der Waals surface area contributed by atoms with Crippen molar-refractivity contribution in [1.82, 2.24) is 20.0 Å². The molecule has 3 aliphatic heterocycles. The topological polar surface area (TPSA) is 97.7 Å². The highest BCUT2D eigenvalue weighted by Crippen LogP contribution is 2.48. The maximum Gasteiger partial charge on any atom is 0.325 e. The first-order valence-electron chi connectivity index (χ1n) is 13.7. The normalized spacial score (nSPS) is 18.0. The van der Waals surface area contributed by atoms with Gasteiger partial charge in [0.1, 0.15) is 6.54 Å². The van der Waals surface area contributed by atoms with Gasteiger partial charge < -0.3 is 34.7 Å². The second kappa shape index (κ2) is 14.1. The number of benzene rings is 2. The largest absolute Gasteiger partial charge is 0.859 e. The number of aliphatic imine (C=N–C) groups is 1. The van der Waals surface area contributed by atoms with Gasteiger partial charge in [-0.3, -0.25) is 4.90 Å². The third-order valence-corrected chi connectivity index (χ3v) is 7.79. The van der Waals surface area contributed by atoms with Gasteiger partial charge in [-0.25, -0.2) is 9.79 Å². The number of urea groups is 1. The highest BCUT2D eigenvalue weighted by molar-refractivity contribution is 7.99. The minimum atomic E-state index is -0.462. The number of carbonyl (C=O) groups is 1. The van der Waals surface area contributed by atoms with Crippen molar-refractivity contribution >= 4 is 35.5 Å². The van der Waals surface area contributed by atoms with E-state index in [4.69, 9.17) is 5.11 Å². The molecule has 0 radical (unpaired) electrons. The molecular formula is C30H45N7O3S. The Bertz CT molecular complexity index is 1200. The number of fused-ring (bicyclic) bond motifs is 3. The number of amides is 2. The molecule has 5 rings (SSSR count). The minimum absolute atomic E-state index is 0.281. The molecule has 2 N–H and O–H groups in total. The third-order valence-electron chi connectivity index (χ3n) is 6.66. The predicted octanol–water partition coefficient (Wildman–Crippen LogP) is 2.64. The second-order valence-corrected chi connectivity index (χ2v) is 12.8. The van der Waals surface area contributed by atoms with Crippen LogP contribution in [0.25, 0.3) is 0 Å². The summed E-state index contributed by atoms with van der Waals surface area (Å²) in [5, 5.41) is 22.6. The number of para-hydroxylation sites is 2. The van der Waals surface area contributed by atoms with Crippen LogP contribution in [0.2, 0.25) is 0 Å². The van der Waals surface area contributed by atoms with Crippen molar-refractivity contribution in [2.75, 3.05) is 80.5 Å². The molecule has 2 aromatic carbocycles. The van der Waals surface area contributed by atoms with E-state index in [1.54, 1.807) is 7.05 Å². The highest BCUT2D eigenvalue weighted by atomic mass is 32.2. The quantitative estimate of drug-likeness (QED) is 0.505. The van der Waals surface area contributed by atoms with E-state index < -0.39 is 6.17 Å². The number of hydrogen-bond acceptors (Lipinski definition) is 8. The molecule has 0 saturated carbocycles. The van der Waals surface area contributed by atoms with Gasteiger partial charge in [0.25, 0.3) is 0 Å². The van der Waals surface area contributed by atoms with Crippen LogP contribution in [0.1, 0.15) is 6.92 Å². The maximum absolute atomic E-state index is 11.5. The molecule has 0 aromatic heterocycles. The number of anilines is 2. The van der Waals surface area contributed by atoms with E-state index in [0.29, 0.717) is 11.6 Å². The molecular weight excluding hydrogens is 538 g/mol. The summed E-state index contributed by atoms with van der Waals surface area (Å²) in [6.45, 7) is 5.59. The van der Waals surface area contributed by atoms with Crippen molar-refractivity contribution in [2.45, 2.75) is 22.9 Å². The molecule has 3 aliphatic rings. The number of likely N-dealkylation sites (N-methyl/N-ethyl adjacent to an activating group) is 2. The number of rotatable bonds is 6. The Kier molecular flexibility index (Phi) is 11.1. The van der Waals surface area contributed by atoms with Crippen LogP contribution in [-0.4, -0.2) is 118 Å². The summed E-state index contributed by atoms with van der Waals surface area (Å²) in [6.07, 6.45) is 0.970. The fraction of sp³-hybridized carbons (Fsp3) is 0.467. The first-order valence-corrected chi connectivity index (χ1v) is 14.5. The Labute approximate surface area is 249 Å². The standard InChI is InChI=1S/C18H22N2S.C7H10N4O2.C5H14NO/c1-14(12-19(2)3)13-20-15-8-4-6-10-17(15)21-18-11-7-5-9-16(18)20;1-10-5-4(8-3-9-5)6(12)11(2)7(10)13;1-6(2,3)4-5-7/h4-11,14H,12-13H2,1-3H3;3,5,12H,1-2H3,(H,8,9);7H,4-5H2,1-3H3/q;;+1/p-1. The van der Waals surface area contributed by atoms with E-state index >= 15 is 0 Å². The summed E-state index contributed by atoms with van der Waals surface area (Å²) < 4.78 is 0.844. The zero-order chi connectivity index (χ0) is 30.3. The summed E-state index contributed by atoms with van der Waals surface area (Å²) in [5.74, 6) is 0.301. The van der Waals surface area contributed by atoms with Crippen LogP contribution in [0.15, 0.2) is 74.9 Å². The Balaban J connectivity index is 0.000000196. The molecule has 0 fully saturated rings. The van der Waals surface area contributed by atoms with Crippen LogP contribution in [0.3, 0.4) is 0 Å². The lowest BCUT2D eigenvalue weighted by molar-refractivity contribution is -0.870. The smallest absolute Gasteiger partial charge is 0.325 e. The summed E-state index contributed by atoms with van der Waals surface area (Å²) >= 11 is 1.88. The lowest BCUT2D eigenvalue weighted by atomic mass is 10.1. The summed E-state index contributed by atoms with van der Waals surface area (Å²) in [7, 11) is 13.5. The molecule has 11 heteroatoms. The van der Waals surface area contributed by atoms with E-state index in [0.717, 1.165) is 29.0 Å². The molecule has 224 valence electrons. The number of aliphatic hydroxyl groups is 1. The van der Waals surface area contributed by atoms with Gasteiger partial charge in [-0.2, -0.15) is 0 Å². The van der Waals surface area contributed by atoms with Crippen molar-refractivity contribution in [3.05, 3.63) is 60.1 Å². The monoisotopic (exact) mass is 583 g/mol. The summed E-state index contributed by atoms with van der Waals surface area (Å²) in [4.78, 5) is 25.3. The van der Waals surface area contributed by atoms with Crippen LogP contribution >= 0.6 is 11.8 Å². The minimum Gasteiger partial charge on any atom is -0.859 e. The Morgan fingerprint density at radius 1 is 1.07 bits per heavy atom. The zero-order valence-corrected chi connectivity index (χ0v) is 26.4. The molecule has 0 spiro atoms. The van der Waals surface area contributed by atoms with Crippen LogP contribution in [0, 0.1) is 5.92 Å². The van der Waals surface area contributed by atoms with E-state index in [-0.39, 0.29) is 18.5 Å². The van der Waals surface area contributed by atoms with E-state index in [1.807, 2.05) is 11.8 Å². The van der Waals surface area contributed by atoms with Crippen LogP contribution in [0.4, 0.5) is 16.2 Å². The van der Waals surface area contributed by atoms with Gasteiger partial charge in [0, 0.05) is 37.0 Å². The van der Waals surface area contributed by atoms with E-state index in [1.165, 1.54) is 39.5 Å². The molecule has 2 unspecified atom stereocenters. The number of nitrogens with one attached hydrogen (secondary N) is 1. The van der Waals surface area contributed by atoms with E-state index in [9.17, 15) is 9.90 Å². The molecule has 10 nitrogen and oxygen atoms in total. The Morgan fingerprint density at radius 3 is 2.12 bits per heavy atom. The van der Waals surface area contributed by atoms with Crippen LogP contribution < -0.4 is 15.3 Å². The first kappa shape index (κ1) is 32.3. The van der Waals surface area contributed by atoms with Gasteiger partial charge in [-0.1, -0.05) is 43.0 Å². The van der Waals surface area contributed by atoms with Gasteiger partial charge in [-0.15, -0.1) is 0 Å². The van der Waals surface area contributed by atoms with Gasteiger partial charge >= 0.3 is 6.03 Å². The van der Waals surface area contributed by atoms with Crippen molar-refractivity contribution in [3.8, 4) is 0 Å². The van der Waals surface area contributed by atoms with Gasteiger partial charge in [0.2, 0.25) is 0 Å². The lowest BCUT2D eigenvalue weighted by Crippen LogP contribution is -2.52. The van der Waals surface area contributed by atoms with E-state index in [2.05, 4.69) is 111 Å². The number of quaternary nitrogens is 1. The third kappa shape index (κ3) is 8.38. The molecule has 0 bridgehead atoms. The van der Waals surface area contributed by atoms with Crippen LogP contribution in [-0.2, 0) is 0 Å². The lowest BCUT2D eigenvalue weighted by Gasteiger charge is -2.39. The van der Waals surface area contributed by atoms with Gasteiger partial charge in [0.15, 0.2) is 6.17 Å². The fourth-order valence-electron chi connectivity index (χ4n) is 4.67. The number of hydrogen-bond donors (Lipinski definition) is 2. The number of carbonyl (C=O) groups excluding carboxylic acids is 1. The molecule has 2 aromatic rings. The average molecular weight is 584 g/mol. The molecule has 3 heterocycles. The van der Waals surface area contributed by atoms with Crippen molar-refractivity contribution in [3.63, 3.8) is 0 Å². The Morgan fingerprint density at radius 2 is 1.63 bits per heavy atom. The SMILES string of the molecule is CC(CN(C)C)CN1c2ccccc2Sc2ccccc21.CN1C(=O)N(C)C2N=CNC2=C1[O-].C[N+](C)(C)CCO. The number of nitrogens with zero attached hydrogens (tertiary/aromatic N) is 6. The average Bonchev–Trinajstić information content (AvgIpc) is 3.41. The summed E-state index contributed by atoms with van der Waals surface area (Å²) in [6, 6.07) is 17.1. The second-order valence-electron chi connectivity index (χ2n) is 11.7. The highest BCUT2D eigenvalue weighted by Gasteiger charge is 2.33. The maximum atomic E-state index is 11.5. The molecule has 0 saturated heterocycles. The molecule has 41 heavy (non-hydrogen) atoms. The molecule has 2 atom stereocenters. The predicted molar refractivity (Wildman–Crippen MR) is 165 cm³/mol. The zero-order valence-electron chi connectivity index (χ0n) is 25.5. The van der Waals surface area contributed by atoms with Gasteiger partial charge in [-0.05, 0) is 50.2 Å².